The lowest BCUT2D eigenvalue weighted by Gasteiger charge is -2.44. The van der Waals surface area contributed by atoms with Gasteiger partial charge in [-0.25, -0.2) is 4.98 Å². The van der Waals surface area contributed by atoms with Crippen molar-refractivity contribution in [1.82, 2.24) is 19.9 Å². The van der Waals surface area contributed by atoms with Crippen LogP contribution in [0.4, 0.5) is 5.95 Å². The minimum absolute atomic E-state index is 0.165. The minimum atomic E-state index is -1.25. The van der Waals surface area contributed by atoms with Gasteiger partial charge in [0, 0.05) is 25.8 Å². The molecule has 0 bridgehead atoms. The lowest BCUT2D eigenvalue weighted by atomic mass is 9.78. The van der Waals surface area contributed by atoms with Gasteiger partial charge in [-0.15, -0.1) is 0 Å². The largest absolute Gasteiger partial charge is 0.506 e. The maximum atomic E-state index is 12.7. The van der Waals surface area contributed by atoms with Crippen LogP contribution in [-0.2, 0) is 11.8 Å². The van der Waals surface area contributed by atoms with E-state index in [1.165, 1.54) is 43.5 Å². The van der Waals surface area contributed by atoms with E-state index in [4.69, 9.17) is 5.11 Å². The number of pyridine rings is 1. The van der Waals surface area contributed by atoms with Crippen LogP contribution < -0.4 is 15.8 Å². The second kappa shape index (κ2) is 7.92. The third-order valence-corrected chi connectivity index (χ3v) is 6.21. The Labute approximate surface area is 172 Å². The number of hydrogen-bond acceptors (Lipinski definition) is 7. The summed E-state index contributed by atoms with van der Waals surface area (Å²) in [4.78, 5) is 46.9. The van der Waals surface area contributed by atoms with Crippen LogP contribution in [0.15, 0.2) is 11.0 Å². The predicted octanol–water partition coefficient (Wildman–Crippen LogP) is 1.01. The number of aromatic hydroxyl groups is 1. The monoisotopic (exact) mass is 415 g/mol. The Kier molecular flexibility index (Phi) is 5.31. The molecule has 1 saturated carbocycles. The van der Waals surface area contributed by atoms with Gasteiger partial charge in [-0.2, -0.15) is 4.98 Å². The van der Waals surface area contributed by atoms with Crippen molar-refractivity contribution >= 4 is 28.9 Å². The van der Waals surface area contributed by atoms with Crippen molar-refractivity contribution in [3.05, 3.63) is 22.1 Å². The van der Waals surface area contributed by atoms with Crippen molar-refractivity contribution in [1.29, 1.82) is 0 Å². The standard InChI is InChI=1S/C20H25N5O5/c1-24-17-12(16(28)15(19(24)30)18(29)21-10-14(26)27)9-22-20(23-17)25-8-4-6-11-5-2-3-7-13(11)25/h9,11,13,28H,2-8,10H2,1H3,(H,21,29)(H,26,27). The molecule has 0 spiro atoms. The first-order chi connectivity index (χ1) is 14.4. The molecule has 10 heteroatoms. The van der Waals surface area contributed by atoms with E-state index in [-0.39, 0.29) is 11.0 Å². The molecule has 1 saturated heterocycles. The maximum Gasteiger partial charge on any atom is 0.322 e. The lowest BCUT2D eigenvalue weighted by Crippen LogP contribution is -2.47. The molecule has 2 atom stereocenters. The summed E-state index contributed by atoms with van der Waals surface area (Å²) in [5.41, 5.74) is -1.04. The van der Waals surface area contributed by atoms with E-state index in [0.717, 1.165) is 19.4 Å². The fraction of sp³-hybridized carbons (Fsp3) is 0.550. The van der Waals surface area contributed by atoms with E-state index < -0.39 is 35.3 Å². The number of amides is 1. The molecule has 2 aromatic heterocycles. The molecule has 3 N–H and O–H groups in total. The number of hydrogen-bond donors (Lipinski definition) is 3. The third kappa shape index (κ3) is 3.46. The summed E-state index contributed by atoms with van der Waals surface area (Å²) in [5.74, 6) is -1.60. The van der Waals surface area contributed by atoms with E-state index in [0.29, 0.717) is 17.9 Å². The predicted molar refractivity (Wildman–Crippen MR) is 109 cm³/mol. The molecule has 30 heavy (non-hydrogen) atoms. The normalized spacial score (nSPS) is 21.3. The zero-order valence-corrected chi connectivity index (χ0v) is 16.8. The number of nitrogens with zero attached hydrogens (tertiary/aromatic N) is 4. The number of anilines is 1. The number of carbonyl (C=O) groups excluding carboxylic acids is 1. The number of nitrogens with one attached hydrogen (secondary N) is 1. The number of fused-ring (bicyclic) bond motifs is 2. The van der Waals surface area contributed by atoms with Crippen molar-refractivity contribution in [2.45, 2.75) is 44.6 Å². The Bertz CT molecular complexity index is 1060. The number of rotatable bonds is 4. The van der Waals surface area contributed by atoms with Gasteiger partial charge in [-0.3, -0.25) is 19.0 Å². The summed E-state index contributed by atoms with van der Waals surface area (Å²) >= 11 is 0. The minimum Gasteiger partial charge on any atom is -0.506 e. The zero-order chi connectivity index (χ0) is 21.4. The van der Waals surface area contributed by atoms with Gasteiger partial charge in [-0.05, 0) is 31.6 Å². The average Bonchev–Trinajstić information content (AvgIpc) is 2.75. The highest BCUT2D eigenvalue weighted by atomic mass is 16.4. The summed E-state index contributed by atoms with van der Waals surface area (Å²) in [6.45, 7) is 0.189. The van der Waals surface area contributed by atoms with Gasteiger partial charge in [0.1, 0.15) is 17.9 Å². The molecule has 1 aliphatic heterocycles. The summed E-state index contributed by atoms with van der Waals surface area (Å²) in [7, 11) is 1.47. The van der Waals surface area contributed by atoms with Crippen molar-refractivity contribution < 1.29 is 19.8 Å². The van der Waals surface area contributed by atoms with E-state index in [2.05, 4.69) is 20.2 Å². The smallest absolute Gasteiger partial charge is 0.322 e. The Hall–Kier alpha value is -3.17. The molecule has 0 radical (unpaired) electrons. The number of piperidine rings is 1. The Morgan fingerprint density at radius 3 is 2.73 bits per heavy atom. The summed E-state index contributed by atoms with van der Waals surface area (Å²) in [6.07, 6.45) is 8.44. The molecular weight excluding hydrogens is 390 g/mol. The molecule has 2 fully saturated rings. The average molecular weight is 415 g/mol. The van der Waals surface area contributed by atoms with Crippen LogP contribution >= 0.6 is 0 Å². The number of carboxylic acids is 1. The molecule has 1 amide bonds. The van der Waals surface area contributed by atoms with Gasteiger partial charge < -0.3 is 20.4 Å². The fourth-order valence-corrected chi connectivity index (χ4v) is 4.75. The number of aromatic nitrogens is 3. The summed E-state index contributed by atoms with van der Waals surface area (Å²) < 4.78 is 1.19. The molecule has 160 valence electrons. The highest BCUT2D eigenvalue weighted by Crippen LogP contribution is 2.37. The molecule has 3 heterocycles. The molecule has 2 unspecified atom stereocenters. The van der Waals surface area contributed by atoms with Crippen molar-refractivity contribution in [3.8, 4) is 5.75 Å². The van der Waals surface area contributed by atoms with Gasteiger partial charge in [-0.1, -0.05) is 12.8 Å². The first-order valence-electron chi connectivity index (χ1n) is 10.2. The molecule has 4 rings (SSSR count). The van der Waals surface area contributed by atoms with Crippen LogP contribution in [0.2, 0.25) is 0 Å². The molecule has 1 aliphatic carbocycles. The molecular formula is C20H25N5O5. The summed E-state index contributed by atoms with van der Waals surface area (Å²) in [5, 5.41) is 21.6. The quantitative estimate of drug-likeness (QED) is 0.673. The first-order valence-corrected chi connectivity index (χ1v) is 10.2. The van der Waals surface area contributed by atoms with E-state index >= 15 is 0 Å². The Morgan fingerprint density at radius 2 is 1.97 bits per heavy atom. The first kappa shape index (κ1) is 20.1. The molecule has 2 aromatic rings. The number of aryl methyl sites for hydroxylation is 1. The van der Waals surface area contributed by atoms with Crippen LogP contribution in [0.5, 0.6) is 5.75 Å². The zero-order valence-electron chi connectivity index (χ0n) is 16.8. The van der Waals surface area contributed by atoms with Gasteiger partial charge >= 0.3 is 5.97 Å². The Morgan fingerprint density at radius 1 is 1.23 bits per heavy atom. The van der Waals surface area contributed by atoms with Gasteiger partial charge in [0.2, 0.25) is 5.95 Å². The van der Waals surface area contributed by atoms with E-state index in [1.807, 2.05) is 0 Å². The molecule has 2 aliphatic rings. The van der Waals surface area contributed by atoms with Crippen LogP contribution in [-0.4, -0.2) is 55.8 Å². The number of aliphatic carboxylic acids is 1. The fourth-order valence-electron chi connectivity index (χ4n) is 4.75. The topological polar surface area (TPSA) is 138 Å². The maximum absolute atomic E-state index is 12.7. The highest BCUT2D eigenvalue weighted by molar-refractivity contribution is 6.02. The van der Waals surface area contributed by atoms with Crippen molar-refractivity contribution in [2.24, 2.45) is 13.0 Å². The van der Waals surface area contributed by atoms with Crippen LogP contribution in [0, 0.1) is 5.92 Å². The van der Waals surface area contributed by atoms with E-state index in [1.54, 1.807) is 0 Å². The van der Waals surface area contributed by atoms with Crippen LogP contribution in [0.1, 0.15) is 48.9 Å². The lowest BCUT2D eigenvalue weighted by molar-refractivity contribution is -0.135. The third-order valence-electron chi connectivity index (χ3n) is 6.21. The van der Waals surface area contributed by atoms with Gasteiger partial charge in [0.25, 0.3) is 11.5 Å². The van der Waals surface area contributed by atoms with Gasteiger partial charge in [0.15, 0.2) is 5.65 Å². The number of carboxylic acid groups (broad SMARTS) is 1. The number of carbonyl (C=O) groups is 2. The van der Waals surface area contributed by atoms with Crippen molar-refractivity contribution in [2.75, 3.05) is 18.0 Å². The van der Waals surface area contributed by atoms with Gasteiger partial charge in [0.05, 0.1) is 5.39 Å². The van der Waals surface area contributed by atoms with Crippen LogP contribution in [0.25, 0.3) is 11.0 Å². The van der Waals surface area contributed by atoms with E-state index in [9.17, 15) is 19.5 Å². The molecule has 10 nitrogen and oxygen atoms in total. The molecule has 0 aromatic carbocycles. The SMILES string of the molecule is Cn1c(=O)c(C(=O)NCC(=O)O)c(O)c2cnc(N3CCCC4CCCCC43)nc21. The van der Waals surface area contributed by atoms with Crippen LogP contribution in [0.3, 0.4) is 0 Å². The second-order valence-corrected chi connectivity index (χ2v) is 8.02. The summed E-state index contributed by atoms with van der Waals surface area (Å²) in [6, 6.07) is 0.386. The Balaban J connectivity index is 1.74. The highest BCUT2D eigenvalue weighted by Gasteiger charge is 2.35. The second-order valence-electron chi connectivity index (χ2n) is 8.02. The van der Waals surface area contributed by atoms with Crippen molar-refractivity contribution in [3.63, 3.8) is 0 Å².